The van der Waals surface area contributed by atoms with E-state index in [4.69, 9.17) is 14.2 Å². The fourth-order valence-electron chi connectivity index (χ4n) is 6.30. The fourth-order valence-corrected chi connectivity index (χ4v) is 6.30. The van der Waals surface area contributed by atoms with Crippen LogP contribution in [0.5, 0.6) is 5.75 Å². The van der Waals surface area contributed by atoms with Crippen molar-refractivity contribution in [3.8, 4) is 5.75 Å². The van der Waals surface area contributed by atoms with E-state index < -0.39 is 30.3 Å². The second-order valence-corrected chi connectivity index (χ2v) is 14.5. The van der Waals surface area contributed by atoms with E-state index >= 15 is 4.79 Å². The first-order valence-corrected chi connectivity index (χ1v) is 19.2. The minimum Gasteiger partial charge on any atom is -0.488 e. The van der Waals surface area contributed by atoms with Gasteiger partial charge in [0.05, 0.1) is 24.1 Å². The van der Waals surface area contributed by atoms with Crippen LogP contribution in [0.4, 0.5) is 4.79 Å². The smallest absolute Gasteiger partial charge is 0.329 e. The van der Waals surface area contributed by atoms with Gasteiger partial charge in [-0.15, -0.1) is 6.58 Å². The van der Waals surface area contributed by atoms with Crippen molar-refractivity contribution < 1.29 is 28.6 Å². The third kappa shape index (κ3) is 13.2. The molecule has 0 radical (unpaired) electrons. The number of hydrogen-bond acceptors (Lipinski definition) is 8. The number of benzene rings is 3. The molecule has 1 heterocycles. The van der Waals surface area contributed by atoms with Gasteiger partial charge in [0.15, 0.2) is 6.29 Å². The van der Waals surface area contributed by atoms with Crippen LogP contribution in [0.1, 0.15) is 71.2 Å². The predicted molar refractivity (Wildman–Crippen MR) is 220 cm³/mol. The summed E-state index contributed by atoms with van der Waals surface area (Å²) in [6.07, 6.45) is 2.76. The average Bonchev–Trinajstić information content (AvgIpc) is 3.16. The second kappa shape index (κ2) is 21.1. The summed E-state index contributed by atoms with van der Waals surface area (Å²) < 4.78 is 18.1. The molecule has 3 atom stereocenters. The topological polar surface area (TPSA) is 134 Å². The maximum Gasteiger partial charge on any atom is 0.329 e. The van der Waals surface area contributed by atoms with Gasteiger partial charge in [-0.3, -0.25) is 20.0 Å². The molecule has 0 spiro atoms. The molecule has 12 heteroatoms. The van der Waals surface area contributed by atoms with Gasteiger partial charge in [0.2, 0.25) is 11.8 Å². The number of pyridine rings is 1. The van der Waals surface area contributed by atoms with Crippen molar-refractivity contribution in [2.75, 3.05) is 26.3 Å². The standard InChI is InChI=1S/C44H58N6O6/c1-9-27-49(48-43(53)46-31(4)34-17-13-12-14-18-34)30-39(51)47-38(28-33-22-24-37(25-23-33)56-44(6,7)8)41(52)50(32(5)42(54-10-2)55-11-3)29-36-20-15-19-35-21-16-26-45-40(35)36/h9,12-26,31-32,38,42H,1,10-11,27-30H2,2-8H3,(H,47,51)(H2,46,48,53)/t31-,32+,38+/m1/s1. The first-order valence-electron chi connectivity index (χ1n) is 19.2. The molecule has 0 saturated carbocycles. The minimum absolute atomic E-state index is 0.176. The van der Waals surface area contributed by atoms with Gasteiger partial charge in [-0.1, -0.05) is 72.8 Å². The molecule has 56 heavy (non-hydrogen) atoms. The molecule has 300 valence electrons. The summed E-state index contributed by atoms with van der Waals surface area (Å²) >= 11 is 0. The summed E-state index contributed by atoms with van der Waals surface area (Å²) in [5.74, 6) is -0.120. The van der Waals surface area contributed by atoms with E-state index in [-0.39, 0.29) is 43.6 Å². The van der Waals surface area contributed by atoms with Gasteiger partial charge in [-0.25, -0.2) is 9.80 Å². The lowest BCUT2D eigenvalue weighted by atomic mass is 10.0. The maximum atomic E-state index is 15.0. The van der Waals surface area contributed by atoms with Crippen LogP contribution in [0.2, 0.25) is 0 Å². The Morgan fingerprint density at radius 1 is 0.875 bits per heavy atom. The van der Waals surface area contributed by atoms with Gasteiger partial charge >= 0.3 is 6.03 Å². The zero-order valence-corrected chi connectivity index (χ0v) is 33.8. The number of hydrogen-bond donors (Lipinski definition) is 3. The summed E-state index contributed by atoms with van der Waals surface area (Å²) in [5, 5.41) is 8.29. The number of urea groups is 1. The highest BCUT2D eigenvalue weighted by Gasteiger charge is 2.34. The zero-order valence-electron chi connectivity index (χ0n) is 33.8. The monoisotopic (exact) mass is 766 g/mol. The van der Waals surface area contributed by atoms with Crippen molar-refractivity contribution in [3.05, 3.63) is 120 Å². The minimum atomic E-state index is -1.01. The quantitative estimate of drug-likeness (QED) is 0.0513. The fraction of sp³-hybridized carbons (Fsp3) is 0.409. The van der Waals surface area contributed by atoms with E-state index in [0.717, 1.165) is 27.6 Å². The Labute approximate surface area is 331 Å². The Kier molecular flexibility index (Phi) is 16.4. The molecule has 4 aromatic rings. The van der Waals surface area contributed by atoms with Crippen molar-refractivity contribution in [3.63, 3.8) is 0 Å². The molecule has 0 fully saturated rings. The van der Waals surface area contributed by atoms with Gasteiger partial charge in [-0.05, 0) is 83.4 Å². The average molecular weight is 767 g/mol. The number of para-hydroxylation sites is 1. The number of nitrogens with zero attached hydrogens (tertiary/aromatic N) is 3. The zero-order chi connectivity index (χ0) is 40.7. The molecule has 3 aromatic carbocycles. The van der Waals surface area contributed by atoms with Crippen LogP contribution in [0.15, 0.2) is 104 Å². The lowest BCUT2D eigenvalue weighted by molar-refractivity contribution is -0.179. The molecule has 0 aliphatic heterocycles. The molecule has 0 aliphatic carbocycles. The summed E-state index contributed by atoms with van der Waals surface area (Å²) in [7, 11) is 0. The van der Waals surface area contributed by atoms with Crippen LogP contribution in [0, 0.1) is 0 Å². The third-order valence-electron chi connectivity index (χ3n) is 8.90. The van der Waals surface area contributed by atoms with E-state index in [0.29, 0.717) is 19.0 Å². The highest BCUT2D eigenvalue weighted by atomic mass is 16.7. The van der Waals surface area contributed by atoms with Crippen molar-refractivity contribution >= 4 is 28.7 Å². The number of ether oxygens (including phenoxy) is 3. The van der Waals surface area contributed by atoms with Gasteiger partial charge < -0.3 is 29.7 Å². The van der Waals surface area contributed by atoms with Crippen LogP contribution in [-0.2, 0) is 32.0 Å². The van der Waals surface area contributed by atoms with Crippen LogP contribution in [0.25, 0.3) is 10.9 Å². The lowest BCUT2D eigenvalue weighted by Crippen LogP contribution is -2.57. The van der Waals surface area contributed by atoms with Crippen molar-refractivity contribution in [1.82, 2.24) is 31.0 Å². The number of hydrazine groups is 1. The SMILES string of the molecule is C=CCN(CC(=O)N[C@@H](Cc1ccc(OC(C)(C)C)cc1)C(=O)N(Cc1cccc2cccnc12)[C@@H](C)C(OCC)OCC)NC(=O)N[C@H](C)c1ccccc1. The van der Waals surface area contributed by atoms with Crippen LogP contribution >= 0.6 is 0 Å². The van der Waals surface area contributed by atoms with E-state index in [1.54, 1.807) is 17.2 Å². The first-order chi connectivity index (χ1) is 26.8. The summed E-state index contributed by atoms with van der Waals surface area (Å²) in [5.41, 5.74) is 5.72. The van der Waals surface area contributed by atoms with E-state index in [2.05, 4.69) is 27.6 Å². The molecule has 0 saturated heterocycles. The molecule has 4 rings (SSSR count). The highest BCUT2D eigenvalue weighted by molar-refractivity contribution is 5.89. The molecular weight excluding hydrogens is 709 g/mol. The summed E-state index contributed by atoms with van der Waals surface area (Å²) in [6, 6.07) is 24.5. The Morgan fingerprint density at radius 2 is 1.55 bits per heavy atom. The molecule has 1 aromatic heterocycles. The Hall–Kier alpha value is -5.30. The summed E-state index contributed by atoms with van der Waals surface area (Å²) in [6.45, 7) is 18.1. The van der Waals surface area contributed by atoms with Crippen LogP contribution in [-0.4, -0.2) is 83.0 Å². The van der Waals surface area contributed by atoms with E-state index in [1.165, 1.54) is 5.01 Å². The Morgan fingerprint density at radius 3 is 2.20 bits per heavy atom. The molecule has 0 aliphatic rings. The predicted octanol–water partition coefficient (Wildman–Crippen LogP) is 6.72. The van der Waals surface area contributed by atoms with E-state index in [9.17, 15) is 9.59 Å². The number of rotatable bonds is 20. The number of fused-ring (bicyclic) bond motifs is 1. The molecular formula is C44H58N6O6. The maximum absolute atomic E-state index is 15.0. The van der Waals surface area contributed by atoms with Gasteiger partial charge in [0, 0.05) is 44.3 Å². The Bertz CT molecular complexity index is 1850. The lowest BCUT2D eigenvalue weighted by Gasteiger charge is -2.37. The Balaban J connectivity index is 1.64. The number of nitrogens with one attached hydrogen (secondary N) is 3. The molecule has 0 bridgehead atoms. The number of amides is 4. The van der Waals surface area contributed by atoms with Crippen LogP contribution < -0.4 is 20.8 Å². The van der Waals surface area contributed by atoms with E-state index in [1.807, 2.05) is 133 Å². The van der Waals surface area contributed by atoms with Crippen LogP contribution in [0.3, 0.4) is 0 Å². The molecule has 12 nitrogen and oxygen atoms in total. The third-order valence-corrected chi connectivity index (χ3v) is 8.90. The van der Waals surface area contributed by atoms with Gasteiger partial charge in [-0.2, -0.15) is 0 Å². The number of carbonyl (C=O) groups is 3. The number of aromatic nitrogens is 1. The highest BCUT2D eigenvalue weighted by Crippen LogP contribution is 2.24. The van der Waals surface area contributed by atoms with Crippen molar-refractivity contribution in [2.24, 2.45) is 0 Å². The molecule has 3 N–H and O–H groups in total. The van der Waals surface area contributed by atoms with Gasteiger partial charge in [0.25, 0.3) is 0 Å². The second-order valence-electron chi connectivity index (χ2n) is 14.5. The first kappa shape index (κ1) is 43.4. The number of carbonyl (C=O) groups excluding carboxylic acids is 3. The normalized spacial score (nSPS) is 13.2. The molecule has 0 unspecified atom stereocenters. The summed E-state index contributed by atoms with van der Waals surface area (Å²) in [4.78, 5) is 48.3. The van der Waals surface area contributed by atoms with Crippen molar-refractivity contribution in [1.29, 1.82) is 0 Å². The van der Waals surface area contributed by atoms with Gasteiger partial charge in [0.1, 0.15) is 17.4 Å². The molecule has 4 amide bonds. The largest absolute Gasteiger partial charge is 0.488 e. The van der Waals surface area contributed by atoms with Crippen molar-refractivity contribution in [2.45, 2.75) is 91.4 Å².